The van der Waals surface area contributed by atoms with Crippen LogP contribution in [0, 0.1) is 17.0 Å². The van der Waals surface area contributed by atoms with Crippen molar-refractivity contribution in [2.75, 3.05) is 57.9 Å². The molecule has 0 aliphatic carbocycles. The van der Waals surface area contributed by atoms with Gasteiger partial charge in [-0.3, -0.25) is 10.1 Å². The second-order valence-electron chi connectivity index (χ2n) is 9.14. The lowest BCUT2D eigenvalue weighted by Crippen LogP contribution is -2.47. The summed E-state index contributed by atoms with van der Waals surface area (Å²) in [5.41, 5.74) is 2.29. The van der Waals surface area contributed by atoms with E-state index >= 15 is 0 Å². The zero-order valence-electron chi connectivity index (χ0n) is 22.0. The molecule has 0 radical (unpaired) electrons. The van der Waals surface area contributed by atoms with Crippen LogP contribution in [0.3, 0.4) is 0 Å². The molecule has 0 bridgehead atoms. The Kier molecular flexibility index (Phi) is 8.77. The van der Waals surface area contributed by atoms with Gasteiger partial charge in [0.05, 0.1) is 27.8 Å². The van der Waals surface area contributed by atoms with Crippen LogP contribution in [0.15, 0.2) is 59.5 Å². The Morgan fingerprint density at radius 3 is 2.29 bits per heavy atom. The van der Waals surface area contributed by atoms with Crippen molar-refractivity contribution >= 4 is 21.5 Å². The second kappa shape index (κ2) is 12.0. The highest BCUT2D eigenvalue weighted by Gasteiger charge is 2.31. The third-order valence-electron chi connectivity index (χ3n) is 6.84. The van der Waals surface area contributed by atoms with E-state index in [2.05, 4.69) is 16.7 Å². The first-order valence-electron chi connectivity index (χ1n) is 12.6. The molecule has 1 saturated heterocycles. The summed E-state index contributed by atoms with van der Waals surface area (Å²) in [6.07, 6.45) is 0. The SMILES string of the molecule is CCN1CCN(c2c(CN(CCOC)S(=O)(=O)c3ccc([N+](=O)[O-])cc3)c(C)nn2-c2ccccc2)CC1. The van der Waals surface area contributed by atoms with Crippen LogP contribution in [0.2, 0.25) is 0 Å². The second-order valence-corrected chi connectivity index (χ2v) is 11.1. The minimum atomic E-state index is -3.98. The molecule has 0 spiro atoms. The van der Waals surface area contributed by atoms with Gasteiger partial charge < -0.3 is 14.5 Å². The first-order valence-corrected chi connectivity index (χ1v) is 14.0. The van der Waals surface area contributed by atoms with Crippen LogP contribution in [-0.4, -0.2) is 85.3 Å². The Labute approximate surface area is 223 Å². The third-order valence-corrected chi connectivity index (χ3v) is 8.70. The number of aryl methyl sites for hydroxylation is 1. The molecular weight excluding hydrogens is 508 g/mol. The van der Waals surface area contributed by atoms with Gasteiger partial charge in [-0.15, -0.1) is 0 Å². The number of nitrogens with zero attached hydrogens (tertiary/aromatic N) is 6. The first kappa shape index (κ1) is 27.7. The highest BCUT2D eigenvalue weighted by molar-refractivity contribution is 7.89. The third kappa shape index (κ3) is 5.88. The van der Waals surface area contributed by atoms with Crippen molar-refractivity contribution in [1.29, 1.82) is 0 Å². The average Bonchev–Trinajstić information content (AvgIpc) is 3.27. The maximum atomic E-state index is 13.7. The zero-order chi connectivity index (χ0) is 27.3. The number of ether oxygens (including phenoxy) is 1. The Bertz CT molecular complexity index is 1340. The summed E-state index contributed by atoms with van der Waals surface area (Å²) in [5, 5.41) is 15.9. The van der Waals surface area contributed by atoms with Gasteiger partial charge in [0.25, 0.3) is 5.69 Å². The van der Waals surface area contributed by atoms with Gasteiger partial charge in [0.1, 0.15) is 5.82 Å². The molecule has 2 aromatic carbocycles. The molecule has 0 unspecified atom stereocenters. The Morgan fingerprint density at radius 1 is 1.05 bits per heavy atom. The van der Waals surface area contributed by atoms with Crippen molar-refractivity contribution in [1.82, 2.24) is 19.0 Å². The Balaban J connectivity index is 1.75. The van der Waals surface area contributed by atoms with E-state index in [0.29, 0.717) is 0 Å². The molecule has 0 atom stereocenters. The number of nitro groups is 1. The van der Waals surface area contributed by atoms with Gasteiger partial charge in [0, 0.05) is 64.1 Å². The predicted molar refractivity (Wildman–Crippen MR) is 145 cm³/mol. The molecule has 0 amide bonds. The van der Waals surface area contributed by atoms with E-state index in [4.69, 9.17) is 9.84 Å². The molecule has 3 aromatic rings. The number of nitro benzene ring substituents is 1. The van der Waals surface area contributed by atoms with Crippen LogP contribution < -0.4 is 4.90 Å². The lowest BCUT2D eigenvalue weighted by Gasteiger charge is -2.36. The van der Waals surface area contributed by atoms with Crippen LogP contribution in [0.25, 0.3) is 5.69 Å². The number of sulfonamides is 1. The first-order chi connectivity index (χ1) is 18.3. The average molecular weight is 543 g/mol. The monoisotopic (exact) mass is 542 g/mol. The number of hydrogen-bond donors (Lipinski definition) is 0. The molecule has 204 valence electrons. The zero-order valence-corrected chi connectivity index (χ0v) is 22.8. The van der Waals surface area contributed by atoms with Crippen molar-refractivity contribution in [3.63, 3.8) is 0 Å². The molecule has 11 nitrogen and oxygen atoms in total. The fraction of sp³-hybridized carbons (Fsp3) is 0.423. The molecule has 0 N–H and O–H groups in total. The van der Waals surface area contributed by atoms with E-state index in [9.17, 15) is 18.5 Å². The topological polar surface area (TPSA) is 114 Å². The smallest absolute Gasteiger partial charge is 0.269 e. The Hall–Kier alpha value is -3.32. The molecular formula is C26H34N6O5S. The fourth-order valence-corrected chi connectivity index (χ4v) is 6.02. The van der Waals surface area contributed by atoms with Crippen LogP contribution in [0.4, 0.5) is 11.5 Å². The van der Waals surface area contributed by atoms with E-state index < -0.39 is 14.9 Å². The van der Waals surface area contributed by atoms with Crippen molar-refractivity contribution in [3.05, 3.63) is 76.0 Å². The minimum absolute atomic E-state index is 0.00887. The number of rotatable bonds is 11. The van der Waals surface area contributed by atoms with Crippen molar-refractivity contribution in [2.24, 2.45) is 0 Å². The molecule has 1 aliphatic heterocycles. The number of methoxy groups -OCH3 is 1. The number of hydrogen-bond acceptors (Lipinski definition) is 8. The van der Waals surface area contributed by atoms with Gasteiger partial charge in [0.2, 0.25) is 10.0 Å². The van der Waals surface area contributed by atoms with Crippen molar-refractivity contribution < 1.29 is 18.1 Å². The van der Waals surface area contributed by atoms with Gasteiger partial charge >= 0.3 is 0 Å². The molecule has 38 heavy (non-hydrogen) atoms. The van der Waals surface area contributed by atoms with Gasteiger partial charge in [0.15, 0.2) is 0 Å². The molecule has 1 aromatic heterocycles. The molecule has 4 rings (SSSR count). The van der Waals surface area contributed by atoms with E-state index in [1.165, 1.54) is 35.7 Å². The summed E-state index contributed by atoms with van der Waals surface area (Å²) in [6.45, 7) is 8.84. The molecule has 0 saturated carbocycles. The number of para-hydroxylation sites is 1. The standard InChI is InChI=1S/C26H34N6O5S/c1-4-28-14-16-29(17-15-28)26-25(21(2)27-31(26)22-8-6-5-7-9-22)20-30(18-19-37-3)38(35,36)24-12-10-23(11-13-24)32(33)34/h5-13H,4,14-20H2,1-3H3. The van der Waals surface area contributed by atoms with Gasteiger partial charge in [-0.1, -0.05) is 25.1 Å². The molecule has 12 heteroatoms. The number of likely N-dealkylation sites (N-methyl/N-ethyl adjacent to an activating group) is 1. The predicted octanol–water partition coefficient (Wildman–Crippen LogP) is 3.07. The highest BCUT2D eigenvalue weighted by Crippen LogP contribution is 2.31. The van der Waals surface area contributed by atoms with Gasteiger partial charge in [-0.25, -0.2) is 13.1 Å². The quantitative estimate of drug-likeness (QED) is 0.268. The van der Waals surface area contributed by atoms with Gasteiger partial charge in [-0.2, -0.15) is 9.40 Å². The van der Waals surface area contributed by atoms with Crippen molar-refractivity contribution in [2.45, 2.75) is 25.3 Å². The van der Waals surface area contributed by atoms with E-state index in [-0.39, 0.29) is 30.3 Å². The van der Waals surface area contributed by atoms with E-state index in [1.807, 2.05) is 41.9 Å². The number of non-ortho nitro benzene ring substituents is 1. The minimum Gasteiger partial charge on any atom is -0.383 e. The summed E-state index contributed by atoms with van der Waals surface area (Å²) in [4.78, 5) is 15.2. The van der Waals surface area contributed by atoms with Crippen molar-refractivity contribution in [3.8, 4) is 5.69 Å². The number of piperazine rings is 1. The summed E-state index contributed by atoms with van der Waals surface area (Å²) in [5.74, 6) is 0.880. The van der Waals surface area contributed by atoms with Crippen LogP contribution in [0.5, 0.6) is 0 Å². The molecule has 1 fully saturated rings. The number of anilines is 1. The molecule has 2 heterocycles. The summed E-state index contributed by atoms with van der Waals surface area (Å²) in [7, 11) is -2.46. The maximum Gasteiger partial charge on any atom is 0.269 e. The van der Waals surface area contributed by atoms with Crippen LogP contribution in [0.1, 0.15) is 18.2 Å². The van der Waals surface area contributed by atoms with Crippen LogP contribution in [-0.2, 0) is 21.3 Å². The lowest BCUT2D eigenvalue weighted by molar-refractivity contribution is -0.384. The van der Waals surface area contributed by atoms with E-state index in [0.717, 1.165) is 55.5 Å². The summed E-state index contributed by atoms with van der Waals surface area (Å²) < 4.78 is 36.0. The lowest BCUT2D eigenvalue weighted by atomic mass is 10.2. The highest BCUT2D eigenvalue weighted by atomic mass is 32.2. The fourth-order valence-electron chi connectivity index (χ4n) is 4.62. The number of aromatic nitrogens is 2. The maximum absolute atomic E-state index is 13.7. The molecule has 1 aliphatic rings. The Morgan fingerprint density at radius 2 is 1.71 bits per heavy atom. The van der Waals surface area contributed by atoms with Crippen LogP contribution >= 0.6 is 0 Å². The summed E-state index contributed by atoms with van der Waals surface area (Å²) in [6, 6.07) is 14.8. The normalized spacial score (nSPS) is 14.8. The largest absolute Gasteiger partial charge is 0.383 e. The summed E-state index contributed by atoms with van der Waals surface area (Å²) >= 11 is 0. The van der Waals surface area contributed by atoms with E-state index in [1.54, 1.807) is 0 Å². The number of benzene rings is 2. The van der Waals surface area contributed by atoms with Gasteiger partial charge in [-0.05, 0) is 37.7 Å².